The van der Waals surface area contributed by atoms with Gasteiger partial charge < -0.3 is 0 Å². The zero-order valence-corrected chi connectivity index (χ0v) is 9.49. The first-order valence-electron chi connectivity index (χ1n) is 5.01. The Morgan fingerprint density at radius 3 is 1.44 bits per heavy atom. The zero-order valence-electron chi connectivity index (χ0n) is 9.49. The molecule has 86 valence electrons. The summed E-state index contributed by atoms with van der Waals surface area (Å²) in [5.41, 5.74) is -1.69. The number of carbonyl (C=O) groups is 3. The number of carbonyl (C=O) groups excluding carboxylic acids is 3. The van der Waals surface area contributed by atoms with Crippen molar-refractivity contribution < 1.29 is 14.4 Å². The molecule has 0 N–H and O–H groups in total. The van der Waals surface area contributed by atoms with Gasteiger partial charge in [0.1, 0.15) is 0 Å². The van der Waals surface area contributed by atoms with Crippen molar-refractivity contribution in [1.82, 2.24) is 0 Å². The third-order valence-corrected chi connectivity index (χ3v) is 2.44. The number of rotatable bonds is 8. The second-order valence-electron chi connectivity index (χ2n) is 3.36. The maximum absolute atomic E-state index is 11.8. The quantitative estimate of drug-likeness (QED) is 0.464. The highest BCUT2D eigenvalue weighted by molar-refractivity contribution is 6.31. The molecule has 0 bridgehead atoms. The topological polar surface area (TPSA) is 51.2 Å². The second-order valence-corrected chi connectivity index (χ2v) is 3.36. The fourth-order valence-corrected chi connectivity index (χ4v) is 1.63. The molecule has 0 amide bonds. The molecule has 0 saturated carbocycles. The summed E-state index contributed by atoms with van der Waals surface area (Å²) in [5.74, 6) is -1.78. The maximum atomic E-state index is 11.8. The van der Waals surface area contributed by atoms with Gasteiger partial charge in [0.25, 0.3) is 0 Å². The highest BCUT2D eigenvalue weighted by Gasteiger charge is 2.46. The molecule has 0 aliphatic carbocycles. The van der Waals surface area contributed by atoms with E-state index in [1.807, 2.05) is 0 Å². The fraction of sp³-hybridized carbons (Fsp3) is 0.308. The van der Waals surface area contributed by atoms with Crippen molar-refractivity contribution in [3.63, 3.8) is 0 Å². The highest BCUT2D eigenvalue weighted by atomic mass is 16.2. The first-order chi connectivity index (χ1) is 7.50. The molecular formula is C13H16O3. The van der Waals surface area contributed by atoms with Crippen LogP contribution in [0.2, 0.25) is 0 Å². The molecule has 16 heavy (non-hydrogen) atoms. The monoisotopic (exact) mass is 220 g/mol. The van der Waals surface area contributed by atoms with E-state index in [2.05, 4.69) is 19.7 Å². The van der Waals surface area contributed by atoms with Crippen molar-refractivity contribution in [1.29, 1.82) is 0 Å². The van der Waals surface area contributed by atoms with Gasteiger partial charge in [0.2, 0.25) is 0 Å². The molecule has 0 aliphatic heterocycles. The van der Waals surface area contributed by atoms with Crippen molar-refractivity contribution >= 4 is 17.3 Å². The predicted octanol–water partition coefficient (Wildman–Crippen LogP) is 2.04. The second kappa shape index (κ2) is 5.95. The van der Waals surface area contributed by atoms with Gasteiger partial charge in [-0.3, -0.25) is 14.4 Å². The van der Waals surface area contributed by atoms with Crippen LogP contribution in [0.5, 0.6) is 0 Å². The molecule has 0 saturated heterocycles. The van der Waals surface area contributed by atoms with Gasteiger partial charge in [0.15, 0.2) is 22.8 Å². The van der Waals surface area contributed by atoms with Gasteiger partial charge in [-0.1, -0.05) is 33.1 Å². The van der Waals surface area contributed by atoms with Crippen LogP contribution in [0, 0.1) is 5.41 Å². The van der Waals surface area contributed by atoms with Gasteiger partial charge in [-0.15, -0.1) is 0 Å². The maximum Gasteiger partial charge on any atom is 0.176 e. The average Bonchev–Trinajstić information content (AvgIpc) is 2.32. The van der Waals surface area contributed by atoms with Crippen LogP contribution in [0.3, 0.4) is 0 Å². The zero-order chi connectivity index (χ0) is 12.8. The minimum Gasteiger partial charge on any atom is -0.293 e. The lowest BCUT2D eigenvalue weighted by molar-refractivity contribution is -0.143. The van der Waals surface area contributed by atoms with E-state index in [0.717, 1.165) is 18.2 Å². The molecule has 0 aromatic heterocycles. The largest absolute Gasteiger partial charge is 0.293 e. The first-order valence-corrected chi connectivity index (χ1v) is 5.01. The average molecular weight is 220 g/mol. The van der Waals surface area contributed by atoms with Crippen molar-refractivity contribution in [3.05, 3.63) is 38.0 Å². The van der Waals surface area contributed by atoms with Crippen LogP contribution >= 0.6 is 0 Å². The third-order valence-electron chi connectivity index (χ3n) is 2.44. The molecule has 0 aromatic carbocycles. The van der Waals surface area contributed by atoms with E-state index in [-0.39, 0.29) is 6.42 Å². The van der Waals surface area contributed by atoms with Crippen molar-refractivity contribution in [3.8, 4) is 0 Å². The number of ketones is 3. The molecule has 0 spiro atoms. The molecule has 3 heteroatoms. The molecule has 0 heterocycles. The Labute approximate surface area is 95.5 Å². The number of allylic oxidation sites excluding steroid dienone is 3. The van der Waals surface area contributed by atoms with Gasteiger partial charge >= 0.3 is 0 Å². The Kier molecular flexibility index (Phi) is 5.30. The lowest BCUT2D eigenvalue weighted by Gasteiger charge is -2.25. The normalized spacial score (nSPS) is 10.3. The van der Waals surface area contributed by atoms with Crippen molar-refractivity contribution in [2.45, 2.75) is 19.8 Å². The van der Waals surface area contributed by atoms with E-state index in [1.165, 1.54) is 0 Å². The Morgan fingerprint density at radius 2 is 1.25 bits per heavy atom. The summed E-state index contributed by atoms with van der Waals surface area (Å²) in [7, 11) is 0. The minimum absolute atomic E-state index is 0.146. The summed E-state index contributed by atoms with van der Waals surface area (Å²) in [6, 6.07) is 0. The van der Waals surface area contributed by atoms with E-state index < -0.39 is 22.8 Å². The van der Waals surface area contributed by atoms with Crippen LogP contribution in [0.4, 0.5) is 0 Å². The highest BCUT2D eigenvalue weighted by Crippen LogP contribution is 2.29. The summed E-state index contributed by atoms with van der Waals surface area (Å²) in [5, 5.41) is 0. The lowest BCUT2D eigenvalue weighted by atomic mass is 9.72. The molecule has 0 aliphatic rings. The van der Waals surface area contributed by atoms with Crippen LogP contribution in [-0.2, 0) is 14.4 Å². The molecule has 0 unspecified atom stereocenters. The summed E-state index contributed by atoms with van der Waals surface area (Å²) in [6.07, 6.45) is 3.67. The molecule has 0 atom stereocenters. The smallest absolute Gasteiger partial charge is 0.176 e. The SMILES string of the molecule is C=CC(=O)C(CCC)(C(=O)C=C)C(=O)C=C. The van der Waals surface area contributed by atoms with Gasteiger partial charge in [-0.05, 0) is 24.6 Å². The molecule has 0 rings (SSSR count). The Morgan fingerprint density at radius 1 is 0.938 bits per heavy atom. The van der Waals surface area contributed by atoms with Crippen molar-refractivity contribution in [2.75, 3.05) is 0 Å². The number of hydrogen-bond donors (Lipinski definition) is 0. The van der Waals surface area contributed by atoms with E-state index in [0.29, 0.717) is 6.42 Å². The van der Waals surface area contributed by atoms with Gasteiger partial charge in [0, 0.05) is 0 Å². The summed E-state index contributed by atoms with van der Waals surface area (Å²) < 4.78 is 0. The fourth-order valence-electron chi connectivity index (χ4n) is 1.63. The number of hydrogen-bond acceptors (Lipinski definition) is 3. The van der Waals surface area contributed by atoms with Gasteiger partial charge in [-0.2, -0.15) is 0 Å². The van der Waals surface area contributed by atoms with Crippen LogP contribution in [-0.4, -0.2) is 17.3 Å². The van der Waals surface area contributed by atoms with E-state index in [9.17, 15) is 14.4 Å². The van der Waals surface area contributed by atoms with E-state index in [4.69, 9.17) is 0 Å². The predicted molar refractivity (Wildman–Crippen MR) is 63.0 cm³/mol. The third kappa shape index (κ3) is 2.24. The molecule has 0 radical (unpaired) electrons. The van der Waals surface area contributed by atoms with Crippen LogP contribution in [0.15, 0.2) is 38.0 Å². The molecule has 3 nitrogen and oxygen atoms in total. The van der Waals surface area contributed by atoms with E-state index >= 15 is 0 Å². The van der Waals surface area contributed by atoms with Gasteiger partial charge in [-0.25, -0.2) is 0 Å². The molecular weight excluding hydrogens is 204 g/mol. The standard InChI is InChI=1S/C13H16O3/c1-5-9-13(10(14)6-2,11(15)7-3)12(16)8-4/h6-8H,2-5,9H2,1H3. The summed E-state index contributed by atoms with van der Waals surface area (Å²) in [6.45, 7) is 11.7. The summed E-state index contributed by atoms with van der Waals surface area (Å²) in [4.78, 5) is 35.3. The summed E-state index contributed by atoms with van der Waals surface area (Å²) >= 11 is 0. The van der Waals surface area contributed by atoms with Gasteiger partial charge in [0.05, 0.1) is 0 Å². The lowest BCUT2D eigenvalue weighted by Crippen LogP contribution is -2.44. The Bertz CT molecular complexity index is 300. The first kappa shape index (κ1) is 14.2. The molecule has 0 aromatic rings. The molecule has 0 fully saturated rings. The Hall–Kier alpha value is -1.77. The Balaban J connectivity index is 5.74. The van der Waals surface area contributed by atoms with E-state index in [1.54, 1.807) is 6.92 Å². The van der Waals surface area contributed by atoms with Crippen LogP contribution in [0.25, 0.3) is 0 Å². The van der Waals surface area contributed by atoms with Crippen LogP contribution < -0.4 is 0 Å². The minimum atomic E-state index is -1.69. The van der Waals surface area contributed by atoms with Crippen molar-refractivity contribution in [2.24, 2.45) is 5.41 Å². The van der Waals surface area contributed by atoms with Crippen LogP contribution in [0.1, 0.15) is 19.8 Å².